The predicted octanol–water partition coefficient (Wildman–Crippen LogP) is 1.31. The Bertz CT molecular complexity index is 802. The number of thioether (sulfide) groups is 1. The summed E-state index contributed by atoms with van der Waals surface area (Å²) in [7, 11) is 0. The smallest absolute Gasteiger partial charge is 0.294 e. The van der Waals surface area contributed by atoms with Gasteiger partial charge in [-0.05, 0) is 35.5 Å². The van der Waals surface area contributed by atoms with E-state index in [1.54, 1.807) is 29.2 Å². The molecule has 0 spiro atoms. The number of benzene rings is 1. The Kier molecular flexibility index (Phi) is 4.56. The van der Waals surface area contributed by atoms with E-state index in [0.29, 0.717) is 37.8 Å². The second kappa shape index (κ2) is 7.00. The molecule has 0 radical (unpaired) electrons. The van der Waals surface area contributed by atoms with Gasteiger partial charge in [-0.3, -0.25) is 19.3 Å². The average Bonchev–Trinajstić information content (AvgIpc) is 3.22. The Morgan fingerprint density at radius 2 is 1.92 bits per heavy atom. The largest absolute Gasteiger partial charge is 0.454 e. The molecule has 136 valence electrons. The monoisotopic (exact) mass is 376 g/mol. The highest BCUT2D eigenvalue weighted by Crippen LogP contribution is 2.36. The van der Waals surface area contributed by atoms with Crippen molar-refractivity contribution in [2.24, 2.45) is 0 Å². The number of hydrogen-bond donors (Lipinski definition) is 0. The zero-order valence-corrected chi connectivity index (χ0v) is 14.6. The minimum absolute atomic E-state index is 0.166. The summed E-state index contributed by atoms with van der Waals surface area (Å²) in [4.78, 5) is 39.9. The number of carbonyl (C=O) groups is 3. The van der Waals surface area contributed by atoms with Gasteiger partial charge in [0.15, 0.2) is 11.5 Å². The first-order valence-electron chi connectivity index (χ1n) is 8.12. The van der Waals surface area contributed by atoms with Crippen molar-refractivity contribution in [3.8, 4) is 11.5 Å². The fraction of sp³-hybridized carbons (Fsp3) is 0.353. The molecule has 0 N–H and O–H groups in total. The van der Waals surface area contributed by atoms with Crippen LogP contribution in [-0.2, 0) is 14.3 Å². The number of carbonyl (C=O) groups excluding carboxylic acids is 3. The van der Waals surface area contributed by atoms with Crippen LogP contribution in [-0.4, -0.2) is 66.5 Å². The highest BCUT2D eigenvalue weighted by Gasteiger charge is 2.37. The molecule has 4 rings (SSSR count). The lowest BCUT2D eigenvalue weighted by Crippen LogP contribution is -2.46. The Labute approximate surface area is 153 Å². The SMILES string of the molecule is O=C(CN1C(=O)S/C(=C/c2ccc3c(c2)OCO3)C1=O)N1CCOCC1. The zero-order valence-electron chi connectivity index (χ0n) is 13.8. The van der Waals surface area contributed by atoms with Crippen LogP contribution >= 0.6 is 11.8 Å². The summed E-state index contributed by atoms with van der Waals surface area (Å²) in [6.45, 7) is 1.81. The molecule has 8 nitrogen and oxygen atoms in total. The fourth-order valence-corrected chi connectivity index (χ4v) is 3.68. The first-order valence-corrected chi connectivity index (χ1v) is 8.94. The van der Waals surface area contributed by atoms with Crippen LogP contribution in [0.3, 0.4) is 0 Å². The standard InChI is InChI=1S/C17H16N2O6S/c20-15(18-3-5-23-6-4-18)9-19-16(21)14(26-17(19)22)8-11-1-2-12-13(7-11)25-10-24-12/h1-2,7-8H,3-6,9-10H2/b14-8+. The molecule has 0 unspecified atom stereocenters. The van der Waals surface area contributed by atoms with Crippen molar-refractivity contribution in [2.75, 3.05) is 39.6 Å². The minimum atomic E-state index is -0.459. The lowest BCUT2D eigenvalue weighted by molar-refractivity contribution is -0.139. The van der Waals surface area contributed by atoms with Crippen molar-refractivity contribution in [2.45, 2.75) is 0 Å². The van der Waals surface area contributed by atoms with Crippen LogP contribution in [0, 0.1) is 0 Å². The van der Waals surface area contributed by atoms with Gasteiger partial charge in [0, 0.05) is 13.1 Å². The predicted molar refractivity (Wildman–Crippen MR) is 92.6 cm³/mol. The first-order chi connectivity index (χ1) is 12.6. The van der Waals surface area contributed by atoms with Gasteiger partial charge < -0.3 is 19.1 Å². The van der Waals surface area contributed by atoms with Crippen molar-refractivity contribution in [1.29, 1.82) is 0 Å². The molecule has 0 bridgehead atoms. The van der Waals surface area contributed by atoms with Crippen molar-refractivity contribution < 1.29 is 28.6 Å². The molecule has 2 saturated heterocycles. The molecule has 0 aliphatic carbocycles. The summed E-state index contributed by atoms with van der Waals surface area (Å²) in [5.74, 6) is 0.533. The van der Waals surface area contributed by atoms with Crippen LogP contribution in [0.4, 0.5) is 4.79 Å². The number of morpholine rings is 1. The van der Waals surface area contributed by atoms with E-state index in [4.69, 9.17) is 14.2 Å². The molecule has 1 aromatic carbocycles. The van der Waals surface area contributed by atoms with Crippen LogP contribution in [0.25, 0.3) is 6.08 Å². The van der Waals surface area contributed by atoms with E-state index < -0.39 is 11.1 Å². The number of amides is 3. The second-order valence-corrected chi connectivity index (χ2v) is 6.87. The molecular weight excluding hydrogens is 360 g/mol. The minimum Gasteiger partial charge on any atom is -0.454 e. The van der Waals surface area contributed by atoms with Crippen LogP contribution in [0.15, 0.2) is 23.1 Å². The summed E-state index contributed by atoms with van der Waals surface area (Å²) < 4.78 is 15.8. The molecule has 3 aliphatic heterocycles. The molecule has 0 atom stereocenters. The summed E-state index contributed by atoms with van der Waals surface area (Å²) >= 11 is 0.830. The molecular formula is C17H16N2O6S. The van der Waals surface area contributed by atoms with E-state index in [1.165, 1.54) is 0 Å². The van der Waals surface area contributed by atoms with E-state index >= 15 is 0 Å². The van der Waals surface area contributed by atoms with Gasteiger partial charge in [-0.1, -0.05) is 6.07 Å². The van der Waals surface area contributed by atoms with E-state index in [0.717, 1.165) is 22.2 Å². The molecule has 3 aliphatic rings. The van der Waals surface area contributed by atoms with Gasteiger partial charge in [0.2, 0.25) is 12.7 Å². The molecule has 3 amide bonds. The summed E-state index contributed by atoms with van der Waals surface area (Å²) in [6.07, 6.45) is 1.62. The van der Waals surface area contributed by atoms with Gasteiger partial charge >= 0.3 is 0 Å². The highest BCUT2D eigenvalue weighted by molar-refractivity contribution is 8.18. The summed E-state index contributed by atoms with van der Waals surface area (Å²) in [6, 6.07) is 5.27. The average molecular weight is 376 g/mol. The molecule has 0 saturated carbocycles. The lowest BCUT2D eigenvalue weighted by atomic mass is 10.2. The van der Waals surface area contributed by atoms with Gasteiger partial charge in [-0.15, -0.1) is 0 Å². The number of ether oxygens (including phenoxy) is 3. The van der Waals surface area contributed by atoms with Crippen molar-refractivity contribution >= 4 is 34.9 Å². The van der Waals surface area contributed by atoms with Gasteiger partial charge in [0.25, 0.3) is 11.1 Å². The quantitative estimate of drug-likeness (QED) is 0.735. The van der Waals surface area contributed by atoms with Gasteiger partial charge in [0.1, 0.15) is 6.54 Å². The van der Waals surface area contributed by atoms with E-state index in [-0.39, 0.29) is 24.2 Å². The topological polar surface area (TPSA) is 85.4 Å². The third-order valence-electron chi connectivity index (χ3n) is 4.23. The third kappa shape index (κ3) is 3.27. The number of imide groups is 1. The van der Waals surface area contributed by atoms with E-state index in [2.05, 4.69) is 0 Å². The Balaban J connectivity index is 1.47. The van der Waals surface area contributed by atoms with Crippen LogP contribution in [0.1, 0.15) is 5.56 Å². The van der Waals surface area contributed by atoms with Gasteiger partial charge in [0.05, 0.1) is 18.1 Å². The second-order valence-electron chi connectivity index (χ2n) is 5.87. The number of fused-ring (bicyclic) bond motifs is 1. The number of rotatable bonds is 3. The van der Waals surface area contributed by atoms with Crippen LogP contribution < -0.4 is 9.47 Å². The maximum absolute atomic E-state index is 12.5. The zero-order chi connectivity index (χ0) is 18.1. The Morgan fingerprint density at radius 3 is 2.73 bits per heavy atom. The van der Waals surface area contributed by atoms with Crippen molar-refractivity contribution in [3.05, 3.63) is 28.7 Å². The molecule has 26 heavy (non-hydrogen) atoms. The molecule has 0 aromatic heterocycles. The molecule has 1 aromatic rings. The highest BCUT2D eigenvalue weighted by atomic mass is 32.2. The van der Waals surface area contributed by atoms with E-state index in [9.17, 15) is 14.4 Å². The van der Waals surface area contributed by atoms with Crippen LogP contribution in [0.2, 0.25) is 0 Å². The van der Waals surface area contributed by atoms with Crippen LogP contribution in [0.5, 0.6) is 11.5 Å². The Morgan fingerprint density at radius 1 is 1.15 bits per heavy atom. The summed E-state index contributed by atoms with van der Waals surface area (Å²) in [5, 5.41) is -0.441. The van der Waals surface area contributed by atoms with Crippen molar-refractivity contribution in [1.82, 2.24) is 9.80 Å². The maximum Gasteiger partial charge on any atom is 0.294 e. The summed E-state index contributed by atoms with van der Waals surface area (Å²) in [5.41, 5.74) is 0.722. The van der Waals surface area contributed by atoms with Crippen molar-refractivity contribution in [3.63, 3.8) is 0 Å². The fourth-order valence-electron chi connectivity index (χ4n) is 2.84. The normalized spacial score (nSPS) is 21.0. The number of hydrogen-bond acceptors (Lipinski definition) is 7. The lowest BCUT2D eigenvalue weighted by Gasteiger charge is -2.28. The third-order valence-corrected chi connectivity index (χ3v) is 5.13. The molecule has 2 fully saturated rings. The van der Waals surface area contributed by atoms with Gasteiger partial charge in [-0.2, -0.15) is 0 Å². The Hall–Kier alpha value is -2.52. The van der Waals surface area contributed by atoms with E-state index in [1.807, 2.05) is 0 Å². The molecule has 9 heteroatoms. The molecule has 3 heterocycles. The number of nitrogens with zero attached hydrogens (tertiary/aromatic N) is 2. The van der Waals surface area contributed by atoms with Gasteiger partial charge in [-0.25, -0.2) is 0 Å². The maximum atomic E-state index is 12.5. The first kappa shape index (κ1) is 16.9.